The Morgan fingerprint density at radius 2 is 0.485 bits per heavy atom. The van der Waals surface area contributed by atoms with Gasteiger partial charge in [-0.1, -0.05) is 375 Å². The highest BCUT2D eigenvalue weighted by molar-refractivity contribution is 7.47. The maximum absolute atomic E-state index is 13.1. The fourth-order valence-electron chi connectivity index (χ4n) is 12.4. The van der Waals surface area contributed by atoms with E-state index >= 15 is 0 Å². The van der Waals surface area contributed by atoms with E-state index in [1.54, 1.807) is 0 Å². The number of ether oxygens (including phenoxy) is 4. The average molecular weight is 1450 g/mol. The van der Waals surface area contributed by atoms with Crippen LogP contribution in [0, 0.1) is 5.92 Å². The van der Waals surface area contributed by atoms with Crippen LogP contribution in [0.3, 0.4) is 0 Å². The summed E-state index contributed by atoms with van der Waals surface area (Å²) in [6, 6.07) is 0. The third-order valence-electron chi connectivity index (χ3n) is 19.1. The second-order valence-corrected chi connectivity index (χ2v) is 32.0. The van der Waals surface area contributed by atoms with Crippen LogP contribution in [0.2, 0.25) is 0 Å². The highest BCUT2D eigenvalue weighted by atomic mass is 31.2. The molecule has 0 rings (SSSR count). The van der Waals surface area contributed by atoms with Crippen molar-refractivity contribution in [3.8, 4) is 0 Å². The van der Waals surface area contributed by atoms with Crippen molar-refractivity contribution >= 4 is 39.5 Å². The van der Waals surface area contributed by atoms with Gasteiger partial charge >= 0.3 is 39.5 Å². The van der Waals surface area contributed by atoms with Gasteiger partial charge in [-0.25, -0.2) is 9.13 Å². The van der Waals surface area contributed by atoms with Gasteiger partial charge in [-0.2, -0.15) is 0 Å². The van der Waals surface area contributed by atoms with E-state index < -0.39 is 97.5 Å². The molecule has 99 heavy (non-hydrogen) atoms. The van der Waals surface area contributed by atoms with Crippen molar-refractivity contribution in [3.05, 3.63) is 0 Å². The van der Waals surface area contributed by atoms with Crippen LogP contribution in [0.4, 0.5) is 0 Å². The zero-order chi connectivity index (χ0) is 72.7. The number of aliphatic hydroxyl groups is 1. The first kappa shape index (κ1) is 97.1. The van der Waals surface area contributed by atoms with Crippen molar-refractivity contribution in [1.82, 2.24) is 0 Å². The second kappa shape index (κ2) is 73.0. The minimum atomic E-state index is -4.96. The van der Waals surface area contributed by atoms with E-state index in [0.29, 0.717) is 25.7 Å². The molecule has 0 fully saturated rings. The lowest BCUT2D eigenvalue weighted by molar-refractivity contribution is -0.161. The lowest BCUT2D eigenvalue weighted by atomic mass is 9.99. The number of unbranched alkanes of at least 4 members (excludes halogenated alkanes) is 51. The average Bonchev–Trinajstić information content (AvgIpc) is 1.01. The Hall–Kier alpha value is -1.94. The van der Waals surface area contributed by atoms with Gasteiger partial charge in [-0.3, -0.25) is 37.3 Å². The fraction of sp³-hybridized carbons (Fsp3) is 0.950. The molecule has 0 radical (unpaired) electrons. The van der Waals surface area contributed by atoms with Crippen LogP contribution in [0.15, 0.2) is 0 Å². The Morgan fingerprint density at radius 3 is 0.717 bits per heavy atom. The van der Waals surface area contributed by atoms with E-state index in [9.17, 15) is 43.2 Å². The van der Waals surface area contributed by atoms with E-state index in [1.807, 2.05) is 0 Å². The number of aliphatic hydroxyl groups excluding tert-OH is 1. The van der Waals surface area contributed by atoms with Gasteiger partial charge < -0.3 is 33.8 Å². The molecule has 0 aliphatic rings. The topological polar surface area (TPSA) is 237 Å². The Balaban J connectivity index is 5.20. The Labute approximate surface area is 607 Å². The van der Waals surface area contributed by atoms with Gasteiger partial charge in [0.25, 0.3) is 0 Å². The van der Waals surface area contributed by atoms with E-state index in [1.165, 1.54) is 250 Å². The van der Waals surface area contributed by atoms with Crippen LogP contribution in [-0.4, -0.2) is 96.7 Å². The van der Waals surface area contributed by atoms with Crippen LogP contribution in [0.1, 0.15) is 426 Å². The first-order valence-electron chi connectivity index (χ1n) is 41.7. The Bertz CT molecular complexity index is 1890. The predicted molar refractivity (Wildman–Crippen MR) is 405 cm³/mol. The molecule has 0 aliphatic heterocycles. The molecule has 0 aromatic heterocycles. The van der Waals surface area contributed by atoms with Crippen molar-refractivity contribution < 1.29 is 80.2 Å². The third kappa shape index (κ3) is 72.8. The van der Waals surface area contributed by atoms with Crippen LogP contribution in [0.5, 0.6) is 0 Å². The van der Waals surface area contributed by atoms with Gasteiger partial charge in [0.15, 0.2) is 12.2 Å². The predicted octanol–water partition coefficient (Wildman–Crippen LogP) is 24.0. The summed E-state index contributed by atoms with van der Waals surface area (Å²) in [5.41, 5.74) is 0. The number of hydrogen-bond acceptors (Lipinski definition) is 15. The van der Waals surface area contributed by atoms with Gasteiger partial charge in [-0.05, 0) is 31.6 Å². The quantitative estimate of drug-likeness (QED) is 0.0222. The zero-order valence-electron chi connectivity index (χ0n) is 64.6. The molecule has 3 N–H and O–H groups in total. The number of carbonyl (C=O) groups is 4. The molecule has 3 unspecified atom stereocenters. The molecule has 0 bridgehead atoms. The van der Waals surface area contributed by atoms with Crippen LogP contribution in [0.25, 0.3) is 0 Å². The number of rotatable bonds is 80. The number of esters is 4. The number of carbonyl (C=O) groups excluding carboxylic acids is 4. The molecule has 0 amide bonds. The minimum Gasteiger partial charge on any atom is -0.462 e. The molecule has 0 spiro atoms. The van der Waals surface area contributed by atoms with E-state index in [0.717, 1.165) is 95.8 Å². The first-order chi connectivity index (χ1) is 48.1. The summed E-state index contributed by atoms with van der Waals surface area (Å²) in [6.07, 6.45) is 63.6. The smallest absolute Gasteiger partial charge is 0.462 e. The van der Waals surface area contributed by atoms with Gasteiger partial charge in [0, 0.05) is 25.7 Å². The number of phosphoric ester groups is 2. The molecular weight excluding hydrogens is 1290 g/mol. The monoisotopic (exact) mass is 1450 g/mol. The molecule has 0 aromatic rings. The van der Waals surface area contributed by atoms with Crippen molar-refractivity contribution in [2.45, 2.75) is 445 Å². The standard InChI is InChI=1S/C80H156O17P2/c1-6-10-13-16-19-22-25-34-40-44-49-54-59-64-78(83)91-70-76(97-80(85)66-61-56-51-46-41-36-33-31-29-28-30-32-35-37-42-47-52-57-62-73(5)9-4)72-95-99(88,89)93-68-74(81)67-92-98(86,87)94-71-75(96-79(84)65-60-55-50-45-39-27-24-21-18-15-12-8-3)69-90-77(82)63-58-53-48-43-38-26-23-20-17-14-11-7-2/h73-76,81H,6-72H2,1-5H3,(H,86,87)(H,88,89)/t73?,74-,75+,76+/m0/s1. The van der Waals surface area contributed by atoms with Crippen molar-refractivity contribution in [1.29, 1.82) is 0 Å². The largest absolute Gasteiger partial charge is 0.472 e. The fourth-order valence-corrected chi connectivity index (χ4v) is 14.0. The van der Waals surface area contributed by atoms with E-state index in [2.05, 4.69) is 34.6 Å². The first-order valence-corrected chi connectivity index (χ1v) is 44.7. The second-order valence-electron chi connectivity index (χ2n) is 29.1. The maximum Gasteiger partial charge on any atom is 0.472 e. The van der Waals surface area contributed by atoms with Crippen LogP contribution in [-0.2, 0) is 65.4 Å². The van der Waals surface area contributed by atoms with Crippen molar-refractivity contribution in [2.24, 2.45) is 5.92 Å². The third-order valence-corrected chi connectivity index (χ3v) is 21.0. The lowest BCUT2D eigenvalue weighted by Crippen LogP contribution is -2.30. The lowest BCUT2D eigenvalue weighted by Gasteiger charge is -2.21. The van der Waals surface area contributed by atoms with Gasteiger partial charge in [-0.15, -0.1) is 0 Å². The summed E-state index contributed by atoms with van der Waals surface area (Å²) in [7, 11) is -9.91. The van der Waals surface area contributed by atoms with Crippen molar-refractivity contribution in [3.63, 3.8) is 0 Å². The van der Waals surface area contributed by atoms with Gasteiger partial charge in [0.2, 0.25) is 0 Å². The van der Waals surface area contributed by atoms with Crippen molar-refractivity contribution in [2.75, 3.05) is 39.6 Å². The molecule has 0 saturated heterocycles. The highest BCUT2D eigenvalue weighted by Crippen LogP contribution is 2.45. The highest BCUT2D eigenvalue weighted by Gasteiger charge is 2.30. The SMILES string of the molecule is CCCCCCCCCCCCCCCC(=O)OC[C@H](COP(=O)(O)OC[C@@H](O)COP(=O)(O)OC[C@@H](COC(=O)CCCCCCCCCCCCCC)OC(=O)CCCCCCCCCCCCCC)OC(=O)CCCCCCCCCCCCCCCCCCCCC(C)CC. The summed E-state index contributed by atoms with van der Waals surface area (Å²) in [6.45, 7) is 7.39. The van der Waals surface area contributed by atoms with Crippen LogP contribution < -0.4 is 0 Å². The molecule has 0 aliphatic carbocycles. The molecule has 0 heterocycles. The Kier molecular flexibility index (Phi) is 71.6. The maximum atomic E-state index is 13.1. The van der Waals surface area contributed by atoms with Crippen LogP contribution >= 0.6 is 15.6 Å². The molecule has 17 nitrogen and oxygen atoms in total. The minimum absolute atomic E-state index is 0.108. The molecule has 19 heteroatoms. The molecule has 6 atom stereocenters. The number of hydrogen-bond donors (Lipinski definition) is 3. The van der Waals surface area contributed by atoms with E-state index in [-0.39, 0.29) is 25.7 Å². The van der Waals surface area contributed by atoms with Gasteiger partial charge in [0.1, 0.15) is 19.3 Å². The summed E-state index contributed by atoms with van der Waals surface area (Å²) >= 11 is 0. The number of phosphoric acid groups is 2. The normalized spacial score (nSPS) is 14.1. The molecule has 588 valence electrons. The summed E-state index contributed by atoms with van der Waals surface area (Å²) in [5, 5.41) is 10.6. The molecular formula is C80H156O17P2. The summed E-state index contributed by atoms with van der Waals surface area (Å²) < 4.78 is 68.7. The summed E-state index contributed by atoms with van der Waals surface area (Å²) in [5.74, 6) is -1.23. The summed E-state index contributed by atoms with van der Waals surface area (Å²) in [4.78, 5) is 72.9. The molecule has 0 aromatic carbocycles. The molecule has 0 saturated carbocycles. The van der Waals surface area contributed by atoms with Gasteiger partial charge in [0.05, 0.1) is 26.4 Å². The Morgan fingerprint density at radius 1 is 0.283 bits per heavy atom. The van der Waals surface area contributed by atoms with E-state index in [4.69, 9.17) is 37.0 Å². The zero-order valence-corrected chi connectivity index (χ0v) is 66.4.